The number of carbonyl (C=O) groups excluding carboxylic acids is 8. The Morgan fingerprint density at radius 2 is 1.37 bits per heavy atom. The summed E-state index contributed by atoms with van der Waals surface area (Å²) in [7, 11) is 2.19. The summed E-state index contributed by atoms with van der Waals surface area (Å²) in [6, 6.07) is -7.22. The van der Waals surface area contributed by atoms with Gasteiger partial charge in [-0.3, -0.25) is 43.3 Å². The van der Waals surface area contributed by atoms with Gasteiger partial charge in [0.15, 0.2) is 5.96 Å². The monoisotopic (exact) mass is 846 g/mol. The van der Waals surface area contributed by atoms with E-state index >= 15 is 0 Å². The molecule has 24 heteroatoms. The minimum absolute atomic E-state index is 0.00405. The van der Waals surface area contributed by atoms with Crippen molar-refractivity contribution in [3.63, 3.8) is 0 Å². The lowest BCUT2D eigenvalue weighted by Crippen LogP contribution is -2.59. The number of carbonyl (C=O) groups is 9. The first-order valence-corrected chi connectivity index (χ1v) is 20.8. The zero-order valence-corrected chi connectivity index (χ0v) is 34.4. The van der Waals surface area contributed by atoms with Gasteiger partial charge in [-0.2, -0.15) is 0 Å². The second-order valence-electron chi connectivity index (χ2n) is 14.0. The van der Waals surface area contributed by atoms with Crippen LogP contribution in [0.25, 0.3) is 0 Å². The molecule has 322 valence electrons. The van der Waals surface area contributed by atoms with Crippen molar-refractivity contribution >= 4 is 80.8 Å². The molecular formula is C33H58N12O10S2. The molecule has 0 bridgehead atoms. The Bertz CT molecular complexity index is 1460. The van der Waals surface area contributed by atoms with Crippen LogP contribution in [0.4, 0.5) is 0 Å². The topological polar surface area (TPSA) is 361 Å². The molecule has 0 aromatic carbocycles. The number of carboxylic acid groups (broad SMARTS) is 1. The smallest absolute Gasteiger partial charge is 0.326 e. The molecule has 15 N–H and O–H groups in total. The second-order valence-corrected chi connectivity index (χ2v) is 16.6. The molecule has 0 saturated carbocycles. The number of nitrogens with two attached hydrogens (primary N) is 3. The van der Waals surface area contributed by atoms with E-state index in [0.717, 1.165) is 21.6 Å². The lowest BCUT2D eigenvalue weighted by molar-refractivity contribution is -0.142. The number of nitrogens with one attached hydrogen (secondary N) is 8. The minimum Gasteiger partial charge on any atom is -0.480 e. The summed E-state index contributed by atoms with van der Waals surface area (Å²) in [6.45, 7) is 7.23. The predicted molar refractivity (Wildman–Crippen MR) is 214 cm³/mol. The van der Waals surface area contributed by atoms with E-state index in [4.69, 9.17) is 17.2 Å². The molecule has 1 heterocycles. The van der Waals surface area contributed by atoms with E-state index in [1.807, 2.05) is 13.8 Å². The van der Waals surface area contributed by atoms with Crippen LogP contribution in [0.3, 0.4) is 0 Å². The molecule has 0 radical (unpaired) electrons. The number of hydrogen-bond acceptors (Lipinski definition) is 13. The molecule has 0 aromatic rings. The summed E-state index contributed by atoms with van der Waals surface area (Å²) in [5.74, 6) is -7.57. The van der Waals surface area contributed by atoms with Gasteiger partial charge in [0.1, 0.15) is 30.2 Å². The van der Waals surface area contributed by atoms with E-state index in [0.29, 0.717) is 0 Å². The average Bonchev–Trinajstić information content (AvgIpc) is 3.12. The van der Waals surface area contributed by atoms with Crippen molar-refractivity contribution in [3.05, 3.63) is 0 Å². The fraction of sp³-hybridized carbons (Fsp3) is 0.697. The van der Waals surface area contributed by atoms with Crippen LogP contribution in [0, 0.1) is 11.8 Å². The van der Waals surface area contributed by atoms with Crippen molar-refractivity contribution in [3.8, 4) is 0 Å². The van der Waals surface area contributed by atoms with Gasteiger partial charge in [0, 0.05) is 18.1 Å². The van der Waals surface area contributed by atoms with Crippen molar-refractivity contribution in [2.24, 2.45) is 34.0 Å². The van der Waals surface area contributed by atoms with Crippen LogP contribution in [0.15, 0.2) is 4.99 Å². The fourth-order valence-corrected chi connectivity index (χ4v) is 7.20. The number of aliphatic carboxylic acids is 1. The molecular weight excluding hydrogens is 789 g/mol. The van der Waals surface area contributed by atoms with Crippen molar-refractivity contribution < 1.29 is 48.3 Å². The van der Waals surface area contributed by atoms with Gasteiger partial charge in [0.05, 0.1) is 25.7 Å². The van der Waals surface area contributed by atoms with Crippen LogP contribution in [0.5, 0.6) is 0 Å². The van der Waals surface area contributed by atoms with E-state index < -0.39 is 109 Å². The number of amides is 8. The molecule has 57 heavy (non-hydrogen) atoms. The van der Waals surface area contributed by atoms with E-state index in [2.05, 4.69) is 47.5 Å². The zero-order chi connectivity index (χ0) is 43.2. The number of rotatable bonds is 15. The fourth-order valence-electron chi connectivity index (χ4n) is 4.91. The van der Waals surface area contributed by atoms with E-state index in [-0.39, 0.29) is 61.5 Å². The Kier molecular flexibility index (Phi) is 23.0. The van der Waals surface area contributed by atoms with Crippen LogP contribution in [-0.2, 0) is 43.2 Å². The maximum absolute atomic E-state index is 13.9. The van der Waals surface area contributed by atoms with E-state index in [1.165, 1.54) is 6.92 Å². The third-order valence-electron chi connectivity index (χ3n) is 7.86. The SMILES string of the molecule is CC(C)C[C@@H]1NC(=O)CNC(=O)CNC(=O)CNC(=O)[C@@H](N)CSSC[C@@H](C(=O)N[C@@H](CC(C)C)C(=O)N[C@@H](C)C(=O)N[C@@H](CCCN=C(N)N)C(=O)O)NC1=O. The number of aliphatic imine (C=N–C) groups is 1. The van der Waals surface area contributed by atoms with Gasteiger partial charge < -0.3 is 64.8 Å². The van der Waals surface area contributed by atoms with Crippen molar-refractivity contribution in [1.29, 1.82) is 0 Å². The number of guanidine groups is 1. The summed E-state index contributed by atoms with van der Waals surface area (Å²) < 4.78 is 0. The highest BCUT2D eigenvalue weighted by molar-refractivity contribution is 8.76. The first-order valence-electron chi connectivity index (χ1n) is 18.3. The first kappa shape index (κ1) is 50.2. The third-order valence-corrected chi connectivity index (χ3v) is 10.3. The summed E-state index contributed by atoms with van der Waals surface area (Å²) in [5.41, 5.74) is 16.5. The maximum atomic E-state index is 13.9. The molecule has 0 unspecified atom stereocenters. The Hall–Kier alpha value is -4.84. The van der Waals surface area contributed by atoms with Gasteiger partial charge in [-0.05, 0) is 44.4 Å². The number of hydrogen-bond donors (Lipinski definition) is 12. The van der Waals surface area contributed by atoms with Crippen molar-refractivity contribution in [1.82, 2.24) is 42.5 Å². The van der Waals surface area contributed by atoms with Gasteiger partial charge in [-0.25, -0.2) is 4.79 Å². The number of nitrogens with zero attached hydrogens (tertiary/aromatic N) is 1. The quantitative estimate of drug-likeness (QED) is 0.0321. The molecule has 22 nitrogen and oxygen atoms in total. The minimum atomic E-state index is -1.30. The second kappa shape index (κ2) is 26.1. The molecule has 1 rings (SSSR count). The summed E-state index contributed by atoms with van der Waals surface area (Å²) in [5, 5.41) is 29.3. The standard InChI is InChI=1S/C33H58N12O10S2/c1-16(2)9-21-30(52)45-23(15-57-56-14-19(34)28(50)40-12-25(47)38-11-24(46)39-13-26(48)42-21)31(53)44-22(10-17(3)4)29(51)41-18(5)27(49)43-20(32(54)55)7-6-8-37-33(35)36/h16-23H,6-15,34H2,1-5H3,(H,38,47)(H,39,46)(H,40,50)(H,41,51)(H,42,48)(H,43,49)(H,44,53)(H,45,52)(H,54,55)(H4,35,36,37)/t18-,19-,20-,21-,22-,23-/m0/s1. The lowest BCUT2D eigenvalue weighted by atomic mass is 10.0. The van der Waals surface area contributed by atoms with Crippen LogP contribution >= 0.6 is 21.6 Å². The van der Waals surface area contributed by atoms with Crippen LogP contribution in [-0.4, -0.2) is 138 Å². The third kappa shape index (κ3) is 21.3. The van der Waals surface area contributed by atoms with E-state index in [9.17, 15) is 48.3 Å². The maximum Gasteiger partial charge on any atom is 0.326 e. The Balaban J connectivity index is 3.24. The van der Waals surface area contributed by atoms with Crippen molar-refractivity contribution in [2.45, 2.75) is 96.6 Å². The molecule has 1 saturated heterocycles. The van der Waals surface area contributed by atoms with Gasteiger partial charge in [-0.15, -0.1) is 0 Å². The lowest BCUT2D eigenvalue weighted by Gasteiger charge is -2.27. The van der Waals surface area contributed by atoms with Gasteiger partial charge >= 0.3 is 5.97 Å². The van der Waals surface area contributed by atoms with E-state index in [1.54, 1.807) is 13.8 Å². The molecule has 1 aliphatic rings. The Morgan fingerprint density at radius 3 is 1.95 bits per heavy atom. The predicted octanol–water partition coefficient (Wildman–Crippen LogP) is -4.27. The molecule has 8 amide bonds. The highest BCUT2D eigenvalue weighted by Crippen LogP contribution is 2.23. The summed E-state index contributed by atoms with van der Waals surface area (Å²) >= 11 is 0. The highest BCUT2D eigenvalue weighted by Gasteiger charge is 2.32. The van der Waals surface area contributed by atoms with Crippen LogP contribution in [0.1, 0.15) is 60.3 Å². The molecule has 0 spiro atoms. The summed E-state index contributed by atoms with van der Waals surface area (Å²) in [6.07, 6.45) is 0.512. The van der Waals surface area contributed by atoms with Gasteiger partial charge in [0.2, 0.25) is 47.3 Å². The zero-order valence-electron chi connectivity index (χ0n) is 32.8. The first-order chi connectivity index (χ1) is 26.7. The molecule has 6 atom stereocenters. The molecule has 1 aliphatic heterocycles. The van der Waals surface area contributed by atoms with Crippen molar-refractivity contribution in [2.75, 3.05) is 37.7 Å². The normalized spacial score (nSPS) is 20.9. The Labute approximate surface area is 339 Å². The van der Waals surface area contributed by atoms with Gasteiger partial charge in [0.25, 0.3) is 0 Å². The molecule has 0 aromatic heterocycles. The Morgan fingerprint density at radius 1 is 0.772 bits per heavy atom. The largest absolute Gasteiger partial charge is 0.480 e. The molecule has 1 fully saturated rings. The van der Waals surface area contributed by atoms with Crippen LogP contribution in [0.2, 0.25) is 0 Å². The van der Waals surface area contributed by atoms with Gasteiger partial charge in [-0.1, -0.05) is 49.3 Å². The highest BCUT2D eigenvalue weighted by atomic mass is 33.1. The average molecular weight is 847 g/mol. The number of carboxylic acids is 1. The van der Waals surface area contributed by atoms with Crippen LogP contribution < -0.4 is 59.7 Å². The molecule has 0 aliphatic carbocycles. The summed E-state index contributed by atoms with van der Waals surface area (Å²) in [4.78, 5) is 119.